The lowest BCUT2D eigenvalue weighted by Gasteiger charge is -2.19. The Morgan fingerprint density at radius 2 is 1.85 bits per heavy atom. The number of thiophene rings is 1. The minimum absolute atomic E-state index is 0.357. The van der Waals surface area contributed by atoms with E-state index in [1.807, 2.05) is 37.3 Å². The zero-order valence-corrected chi connectivity index (χ0v) is 13.0. The Balaban J connectivity index is 2.25. The van der Waals surface area contributed by atoms with Crippen molar-refractivity contribution in [2.75, 3.05) is 6.54 Å². The highest BCUT2D eigenvalue weighted by Gasteiger charge is 2.24. The predicted molar refractivity (Wildman–Crippen MR) is 81.9 cm³/mol. The molecule has 0 aliphatic carbocycles. The standard InChI is InChI=1S/C14H18N2O2S2/c1-2-16(11-12-6-4-3-5-7-12)20(17,18)14-9-8-13(10-15)19-14/h3-9H,2,10-11,15H2,1H3. The van der Waals surface area contributed by atoms with Gasteiger partial charge in [0.25, 0.3) is 10.0 Å². The molecule has 0 unspecified atom stereocenters. The van der Waals surface area contributed by atoms with Gasteiger partial charge in [-0.3, -0.25) is 0 Å². The molecule has 0 aliphatic rings. The molecular weight excluding hydrogens is 292 g/mol. The van der Waals surface area contributed by atoms with E-state index in [1.54, 1.807) is 12.1 Å². The molecule has 1 aromatic carbocycles. The largest absolute Gasteiger partial charge is 0.326 e. The summed E-state index contributed by atoms with van der Waals surface area (Å²) in [7, 11) is -3.44. The van der Waals surface area contributed by atoms with E-state index in [0.29, 0.717) is 23.8 Å². The fourth-order valence-corrected chi connectivity index (χ4v) is 4.71. The first-order chi connectivity index (χ1) is 9.57. The summed E-state index contributed by atoms with van der Waals surface area (Å²) in [6.45, 7) is 3.03. The fraction of sp³-hybridized carbons (Fsp3) is 0.286. The molecule has 108 valence electrons. The van der Waals surface area contributed by atoms with Crippen LogP contribution >= 0.6 is 11.3 Å². The second kappa shape index (κ2) is 6.49. The van der Waals surface area contributed by atoms with Crippen LogP contribution in [-0.4, -0.2) is 19.3 Å². The van der Waals surface area contributed by atoms with E-state index in [9.17, 15) is 8.42 Å². The Morgan fingerprint density at radius 1 is 1.15 bits per heavy atom. The van der Waals surface area contributed by atoms with Crippen LogP contribution in [0, 0.1) is 0 Å². The predicted octanol–water partition coefficient (Wildman–Crippen LogP) is 2.42. The molecule has 0 saturated carbocycles. The molecule has 1 heterocycles. The van der Waals surface area contributed by atoms with E-state index in [4.69, 9.17) is 5.73 Å². The van der Waals surface area contributed by atoms with E-state index >= 15 is 0 Å². The first-order valence-corrected chi connectivity index (χ1v) is 8.66. The topological polar surface area (TPSA) is 63.4 Å². The molecule has 0 atom stereocenters. The number of hydrogen-bond acceptors (Lipinski definition) is 4. The molecule has 4 nitrogen and oxygen atoms in total. The van der Waals surface area contributed by atoms with Crippen molar-refractivity contribution in [2.24, 2.45) is 5.73 Å². The van der Waals surface area contributed by atoms with Crippen LogP contribution in [0.4, 0.5) is 0 Å². The third kappa shape index (κ3) is 3.27. The van der Waals surface area contributed by atoms with Crippen molar-refractivity contribution >= 4 is 21.4 Å². The first-order valence-electron chi connectivity index (χ1n) is 6.40. The average Bonchev–Trinajstić information content (AvgIpc) is 2.95. The second-order valence-corrected chi connectivity index (χ2v) is 7.67. The summed E-state index contributed by atoms with van der Waals surface area (Å²) in [5, 5.41) is 0. The lowest BCUT2D eigenvalue weighted by Crippen LogP contribution is -2.29. The Bertz CT molecular complexity index is 651. The third-order valence-corrected chi connectivity index (χ3v) is 6.48. The van der Waals surface area contributed by atoms with Gasteiger partial charge in [-0.05, 0) is 17.7 Å². The Hall–Kier alpha value is -1.21. The molecule has 0 spiro atoms. The maximum Gasteiger partial charge on any atom is 0.252 e. The number of rotatable bonds is 6. The summed E-state index contributed by atoms with van der Waals surface area (Å²) in [6.07, 6.45) is 0. The van der Waals surface area contributed by atoms with Crippen LogP contribution in [0.15, 0.2) is 46.7 Å². The van der Waals surface area contributed by atoms with Gasteiger partial charge in [0.05, 0.1) is 0 Å². The second-order valence-electron chi connectivity index (χ2n) is 4.34. The van der Waals surface area contributed by atoms with E-state index in [1.165, 1.54) is 15.6 Å². The van der Waals surface area contributed by atoms with Gasteiger partial charge in [0, 0.05) is 24.5 Å². The van der Waals surface area contributed by atoms with Gasteiger partial charge in [0.15, 0.2) is 0 Å². The number of hydrogen-bond donors (Lipinski definition) is 1. The van der Waals surface area contributed by atoms with E-state index in [0.717, 1.165) is 10.4 Å². The van der Waals surface area contributed by atoms with Gasteiger partial charge >= 0.3 is 0 Å². The highest BCUT2D eigenvalue weighted by atomic mass is 32.2. The van der Waals surface area contributed by atoms with Crippen LogP contribution in [-0.2, 0) is 23.1 Å². The van der Waals surface area contributed by atoms with Gasteiger partial charge < -0.3 is 5.73 Å². The Labute approximate surface area is 123 Å². The van der Waals surface area contributed by atoms with Crippen molar-refractivity contribution < 1.29 is 8.42 Å². The van der Waals surface area contributed by atoms with E-state index in [2.05, 4.69) is 0 Å². The first kappa shape index (κ1) is 15.2. The summed E-state index contributed by atoms with van der Waals surface area (Å²) in [6, 6.07) is 13.0. The highest BCUT2D eigenvalue weighted by molar-refractivity contribution is 7.91. The Kier molecular flexibility index (Phi) is 4.93. The molecule has 0 amide bonds. The molecular formula is C14H18N2O2S2. The van der Waals surface area contributed by atoms with Gasteiger partial charge in [-0.15, -0.1) is 11.3 Å². The number of nitrogens with zero attached hydrogens (tertiary/aromatic N) is 1. The molecule has 0 bridgehead atoms. The van der Waals surface area contributed by atoms with Crippen molar-refractivity contribution in [1.82, 2.24) is 4.31 Å². The molecule has 0 aliphatic heterocycles. The van der Waals surface area contributed by atoms with Crippen molar-refractivity contribution in [2.45, 2.75) is 24.2 Å². The van der Waals surface area contributed by atoms with Crippen LogP contribution in [0.3, 0.4) is 0 Å². The maximum absolute atomic E-state index is 12.6. The van der Waals surface area contributed by atoms with Crippen LogP contribution in [0.25, 0.3) is 0 Å². The number of nitrogens with two attached hydrogens (primary N) is 1. The third-order valence-electron chi connectivity index (χ3n) is 2.99. The van der Waals surface area contributed by atoms with Crippen molar-refractivity contribution in [3.05, 3.63) is 52.9 Å². The van der Waals surface area contributed by atoms with E-state index < -0.39 is 10.0 Å². The van der Waals surface area contributed by atoms with Crippen molar-refractivity contribution in [1.29, 1.82) is 0 Å². The van der Waals surface area contributed by atoms with Gasteiger partial charge in [-0.25, -0.2) is 8.42 Å². The fourth-order valence-electron chi connectivity index (χ4n) is 1.89. The van der Waals surface area contributed by atoms with Gasteiger partial charge in [-0.1, -0.05) is 37.3 Å². The van der Waals surface area contributed by atoms with Gasteiger partial charge in [0.2, 0.25) is 0 Å². The molecule has 2 rings (SSSR count). The zero-order valence-electron chi connectivity index (χ0n) is 11.3. The summed E-state index contributed by atoms with van der Waals surface area (Å²) in [5.41, 5.74) is 6.52. The van der Waals surface area contributed by atoms with Crippen molar-refractivity contribution in [3.8, 4) is 0 Å². The monoisotopic (exact) mass is 310 g/mol. The highest BCUT2D eigenvalue weighted by Crippen LogP contribution is 2.25. The summed E-state index contributed by atoms with van der Waals surface area (Å²) >= 11 is 1.24. The van der Waals surface area contributed by atoms with E-state index in [-0.39, 0.29) is 0 Å². The molecule has 2 aromatic rings. The molecule has 0 saturated heterocycles. The minimum atomic E-state index is -3.44. The van der Waals surface area contributed by atoms with Crippen molar-refractivity contribution in [3.63, 3.8) is 0 Å². The van der Waals surface area contributed by atoms with Gasteiger partial charge in [-0.2, -0.15) is 4.31 Å². The maximum atomic E-state index is 12.6. The lowest BCUT2D eigenvalue weighted by molar-refractivity contribution is 0.425. The molecule has 6 heteroatoms. The SMILES string of the molecule is CCN(Cc1ccccc1)S(=O)(=O)c1ccc(CN)s1. The van der Waals surface area contributed by atoms with Crippen LogP contribution in [0.2, 0.25) is 0 Å². The Morgan fingerprint density at radius 3 is 2.40 bits per heavy atom. The van der Waals surface area contributed by atoms with Crippen LogP contribution < -0.4 is 5.73 Å². The number of sulfonamides is 1. The molecule has 0 fully saturated rings. The minimum Gasteiger partial charge on any atom is -0.326 e. The normalized spacial score (nSPS) is 11.9. The summed E-state index contributed by atoms with van der Waals surface area (Å²) < 4.78 is 27.0. The van der Waals surface area contributed by atoms with Crippen LogP contribution in [0.5, 0.6) is 0 Å². The number of benzene rings is 1. The van der Waals surface area contributed by atoms with Crippen LogP contribution in [0.1, 0.15) is 17.4 Å². The zero-order chi connectivity index (χ0) is 14.6. The quantitative estimate of drug-likeness (QED) is 0.891. The molecule has 0 radical (unpaired) electrons. The van der Waals surface area contributed by atoms with Gasteiger partial charge in [0.1, 0.15) is 4.21 Å². The molecule has 1 aromatic heterocycles. The summed E-state index contributed by atoms with van der Waals surface area (Å²) in [5.74, 6) is 0. The smallest absolute Gasteiger partial charge is 0.252 e. The average molecular weight is 310 g/mol. The summed E-state index contributed by atoms with van der Waals surface area (Å²) in [4.78, 5) is 0.874. The lowest BCUT2D eigenvalue weighted by atomic mass is 10.2. The molecule has 20 heavy (non-hydrogen) atoms. The molecule has 2 N–H and O–H groups in total.